The van der Waals surface area contributed by atoms with Crippen molar-refractivity contribution in [2.45, 2.75) is 83.8 Å². The number of likely N-dealkylation sites (tertiary alicyclic amines) is 1. The maximum Gasteiger partial charge on any atom is 0.257 e. The van der Waals surface area contributed by atoms with Crippen molar-refractivity contribution in [1.82, 2.24) is 20.1 Å². The van der Waals surface area contributed by atoms with Crippen LogP contribution in [0.1, 0.15) is 76.6 Å². The maximum atomic E-state index is 14.0. The van der Waals surface area contributed by atoms with Crippen molar-refractivity contribution >= 4 is 33.3 Å². The molecule has 1 amide bonds. The lowest BCUT2D eigenvalue weighted by molar-refractivity contribution is 0.0924. The normalized spacial score (nSPS) is 16.9. The van der Waals surface area contributed by atoms with Crippen molar-refractivity contribution in [3.05, 3.63) is 70.5 Å². The molecule has 2 atom stereocenters. The molecule has 2 aliphatic rings. The Morgan fingerprint density at radius 2 is 1.89 bits per heavy atom. The van der Waals surface area contributed by atoms with Crippen molar-refractivity contribution in [2.75, 3.05) is 32.0 Å². The molecular formula is C37H47N5O3. The van der Waals surface area contributed by atoms with Gasteiger partial charge in [0, 0.05) is 30.4 Å². The number of benzene rings is 3. The van der Waals surface area contributed by atoms with E-state index < -0.39 is 0 Å². The number of pyridine rings is 1. The second-order valence-electron chi connectivity index (χ2n) is 13.4. The predicted octanol–water partition coefficient (Wildman–Crippen LogP) is 6.82. The Morgan fingerprint density at radius 1 is 1.11 bits per heavy atom. The van der Waals surface area contributed by atoms with Crippen molar-refractivity contribution < 1.29 is 9.53 Å². The minimum absolute atomic E-state index is 0.0615. The summed E-state index contributed by atoms with van der Waals surface area (Å²) in [6.07, 6.45) is 7.74. The first-order valence-electron chi connectivity index (χ1n) is 16.6. The highest BCUT2D eigenvalue weighted by atomic mass is 16.5. The van der Waals surface area contributed by atoms with E-state index in [0.717, 1.165) is 67.5 Å². The number of nitrogens with zero attached hydrogens (tertiary/aromatic N) is 2. The summed E-state index contributed by atoms with van der Waals surface area (Å²) in [5.41, 5.74) is 2.05. The van der Waals surface area contributed by atoms with E-state index >= 15 is 0 Å². The van der Waals surface area contributed by atoms with E-state index in [1.807, 2.05) is 34.9 Å². The highest BCUT2D eigenvalue weighted by Crippen LogP contribution is 2.45. The largest absolute Gasteiger partial charge is 0.451 e. The highest BCUT2D eigenvalue weighted by molar-refractivity contribution is 6.02. The summed E-state index contributed by atoms with van der Waals surface area (Å²) in [4.78, 5) is 30.4. The molecule has 3 heterocycles. The molecule has 8 nitrogen and oxygen atoms in total. The van der Waals surface area contributed by atoms with Gasteiger partial charge in [0.1, 0.15) is 11.1 Å². The van der Waals surface area contributed by atoms with Crippen LogP contribution < -0.4 is 26.1 Å². The van der Waals surface area contributed by atoms with E-state index in [9.17, 15) is 9.59 Å². The summed E-state index contributed by atoms with van der Waals surface area (Å²) >= 11 is 0. The fourth-order valence-corrected chi connectivity index (χ4v) is 7.29. The Kier molecular flexibility index (Phi) is 8.89. The third-order valence-electron chi connectivity index (χ3n) is 9.51. The molecule has 0 aliphatic carbocycles. The predicted molar refractivity (Wildman–Crippen MR) is 184 cm³/mol. The number of fused-ring (bicyclic) bond motifs is 3. The van der Waals surface area contributed by atoms with Crippen LogP contribution in [0.4, 0.5) is 5.69 Å². The third kappa shape index (κ3) is 6.31. The Balaban J connectivity index is 1.41. The van der Waals surface area contributed by atoms with Gasteiger partial charge in [0.25, 0.3) is 5.91 Å². The first-order chi connectivity index (χ1) is 21.7. The standard InChI is InChI=1S/C37H47N5O3/c1-6-11-26(22-37(3,4)39-7-2)40-36(44)29-23-42-31-20-24-12-8-9-13-25(24)21-32(31)45-35-30(16-15-28(33(35)42)34(29)43)38-18-17-27-14-10-19-41(27)5/h8-9,12-13,15-16,20-21,23,26-27,38-39H,6-7,10-11,14,17-19,22H2,1-5H3,(H,40,44). The number of aromatic nitrogens is 1. The summed E-state index contributed by atoms with van der Waals surface area (Å²) in [6.45, 7) is 11.3. The van der Waals surface area contributed by atoms with Gasteiger partial charge in [-0.15, -0.1) is 0 Å². The van der Waals surface area contributed by atoms with Crippen molar-refractivity contribution in [3.63, 3.8) is 0 Å². The van der Waals surface area contributed by atoms with Crippen molar-refractivity contribution in [3.8, 4) is 17.2 Å². The Labute approximate surface area is 266 Å². The minimum Gasteiger partial charge on any atom is -0.451 e. The zero-order valence-corrected chi connectivity index (χ0v) is 27.3. The van der Waals surface area contributed by atoms with Crippen molar-refractivity contribution in [1.29, 1.82) is 0 Å². The molecule has 0 saturated carbocycles. The number of hydrogen-bond acceptors (Lipinski definition) is 6. The molecule has 238 valence electrons. The molecule has 45 heavy (non-hydrogen) atoms. The molecule has 2 aliphatic heterocycles. The van der Waals surface area contributed by atoms with E-state index in [0.29, 0.717) is 28.4 Å². The van der Waals surface area contributed by atoms with Crippen LogP contribution in [0, 0.1) is 0 Å². The van der Waals surface area contributed by atoms with Crippen LogP contribution in [0.5, 0.6) is 11.5 Å². The van der Waals surface area contributed by atoms with Crippen LogP contribution in [0.25, 0.3) is 27.4 Å². The van der Waals surface area contributed by atoms with Gasteiger partial charge in [0.15, 0.2) is 11.5 Å². The molecule has 1 saturated heterocycles. The number of nitrogens with one attached hydrogen (secondary N) is 3. The molecule has 4 aromatic rings. The first kappa shape index (κ1) is 31.1. The highest BCUT2D eigenvalue weighted by Gasteiger charge is 2.29. The third-order valence-corrected chi connectivity index (χ3v) is 9.51. The summed E-state index contributed by atoms with van der Waals surface area (Å²) in [5.74, 6) is 0.976. The van der Waals surface area contributed by atoms with Gasteiger partial charge in [0.2, 0.25) is 5.43 Å². The molecule has 1 aromatic heterocycles. The molecular weight excluding hydrogens is 562 g/mol. The summed E-state index contributed by atoms with van der Waals surface area (Å²) in [7, 11) is 2.20. The first-order valence-corrected chi connectivity index (χ1v) is 16.6. The zero-order valence-electron chi connectivity index (χ0n) is 27.3. The fourth-order valence-electron chi connectivity index (χ4n) is 7.29. The number of carbonyl (C=O) groups is 1. The second kappa shape index (κ2) is 12.9. The van der Waals surface area contributed by atoms with Gasteiger partial charge in [-0.1, -0.05) is 44.5 Å². The quantitative estimate of drug-likeness (QED) is 0.144. The number of anilines is 1. The molecule has 1 fully saturated rings. The van der Waals surface area contributed by atoms with Crippen LogP contribution >= 0.6 is 0 Å². The minimum atomic E-state index is -0.338. The Hall–Kier alpha value is -3.88. The van der Waals surface area contributed by atoms with Gasteiger partial charge in [-0.3, -0.25) is 9.59 Å². The molecule has 8 heteroatoms. The smallest absolute Gasteiger partial charge is 0.257 e. The number of ether oxygens (including phenoxy) is 1. The molecule has 0 radical (unpaired) electrons. The molecule has 0 spiro atoms. The molecule has 3 N–H and O–H groups in total. The lowest BCUT2D eigenvalue weighted by Gasteiger charge is -2.31. The van der Waals surface area contributed by atoms with Gasteiger partial charge in [0.05, 0.1) is 16.8 Å². The summed E-state index contributed by atoms with van der Waals surface area (Å²) < 4.78 is 8.61. The van der Waals surface area contributed by atoms with E-state index in [4.69, 9.17) is 4.74 Å². The van der Waals surface area contributed by atoms with Gasteiger partial charge in [-0.05, 0) is 101 Å². The average Bonchev–Trinajstić information content (AvgIpc) is 3.42. The average molecular weight is 610 g/mol. The maximum absolute atomic E-state index is 14.0. The second-order valence-corrected chi connectivity index (χ2v) is 13.4. The number of rotatable bonds is 12. The van der Waals surface area contributed by atoms with Gasteiger partial charge < -0.3 is 30.2 Å². The van der Waals surface area contributed by atoms with Gasteiger partial charge >= 0.3 is 0 Å². The van der Waals surface area contributed by atoms with Crippen LogP contribution in [0.2, 0.25) is 0 Å². The van der Waals surface area contributed by atoms with Crippen LogP contribution in [0.15, 0.2) is 59.5 Å². The van der Waals surface area contributed by atoms with E-state index in [-0.39, 0.29) is 28.5 Å². The lowest BCUT2D eigenvalue weighted by atomic mass is 9.92. The summed E-state index contributed by atoms with van der Waals surface area (Å²) in [6, 6.07) is 16.6. The van der Waals surface area contributed by atoms with Gasteiger partial charge in [-0.25, -0.2) is 0 Å². The molecule has 2 unspecified atom stereocenters. The lowest BCUT2D eigenvalue weighted by Crippen LogP contribution is -2.47. The van der Waals surface area contributed by atoms with Crippen LogP contribution in [0.3, 0.4) is 0 Å². The topological polar surface area (TPSA) is 87.6 Å². The van der Waals surface area contributed by atoms with E-state index in [1.54, 1.807) is 6.20 Å². The fraction of sp³-hybridized carbons (Fsp3) is 0.459. The number of amides is 1. The molecule has 6 rings (SSSR count). The SMILES string of the molecule is CCCC(CC(C)(C)NCC)NC(=O)c1cn2c3c(c(NCCC4CCCN4C)ccc3c1=O)Oc1cc3ccccc3cc1-2. The van der Waals surface area contributed by atoms with Crippen LogP contribution in [-0.4, -0.2) is 59.7 Å². The van der Waals surface area contributed by atoms with E-state index in [1.165, 1.54) is 12.8 Å². The Bertz CT molecular complexity index is 1780. The van der Waals surface area contributed by atoms with Crippen molar-refractivity contribution in [2.24, 2.45) is 0 Å². The summed E-state index contributed by atoms with van der Waals surface area (Å²) in [5, 5.41) is 12.9. The Morgan fingerprint density at radius 3 is 2.60 bits per heavy atom. The monoisotopic (exact) mass is 609 g/mol. The van der Waals surface area contributed by atoms with Gasteiger partial charge in [-0.2, -0.15) is 0 Å². The van der Waals surface area contributed by atoms with Crippen LogP contribution in [-0.2, 0) is 0 Å². The molecule has 3 aromatic carbocycles. The number of hydrogen-bond donors (Lipinski definition) is 3. The van der Waals surface area contributed by atoms with E-state index in [2.05, 4.69) is 73.8 Å². The zero-order chi connectivity index (χ0) is 31.7. The molecule has 0 bridgehead atoms. The number of carbonyl (C=O) groups excluding carboxylic acids is 1.